The minimum atomic E-state index is -0.328. The van der Waals surface area contributed by atoms with E-state index in [-0.39, 0.29) is 18.2 Å². The summed E-state index contributed by atoms with van der Waals surface area (Å²) in [5.74, 6) is 0.0990. The van der Waals surface area contributed by atoms with E-state index in [1.807, 2.05) is 18.2 Å². The number of nitrogens with zero attached hydrogens (tertiary/aromatic N) is 2. The maximum atomic E-state index is 12.5. The molecule has 3 rings (SSSR count). The van der Waals surface area contributed by atoms with Crippen molar-refractivity contribution in [3.63, 3.8) is 0 Å². The number of anilines is 2. The summed E-state index contributed by atoms with van der Waals surface area (Å²) in [7, 11) is 1.55. The van der Waals surface area contributed by atoms with Gasteiger partial charge in [0.15, 0.2) is 0 Å². The SMILES string of the molecule is COc1ccccc1NC(=O)CC(=O)N1CCN(c2cccc(C)c2)CC1. The minimum Gasteiger partial charge on any atom is -0.495 e. The third-order valence-electron chi connectivity index (χ3n) is 4.69. The summed E-state index contributed by atoms with van der Waals surface area (Å²) in [6.07, 6.45) is -0.164. The second kappa shape index (κ2) is 8.58. The lowest BCUT2D eigenvalue weighted by atomic mass is 10.2. The van der Waals surface area contributed by atoms with Crippen molar-refractivity contribution in [3.8, 4) is 5.75 Å². The Balaban J connectivity index is 1.51. The van der Waals surface area contributed by atoms with Gasteiger partial charge in [0, 0.05) is 31.9 Å². The quantitative estimate of drug-likeness (QED) is 0.826. The number of nitrogens with one attached hydrogen (secondary N) is 1. The van der Waals surface area contributed by atoms with E-state index in [9.17, 15) is 9.59 Å². The number of rotatable bonds is 5. The van der Waals surface area contributed by atoms with E-state index in [1.165, 1.54) is 11.3 Å². The number of hydrogen-bond donors (Lipinski definition) is 1. The smallest absolute Gasteiger partial charge is 0.233 e. The molecule has 142 valence electrons. The maximum absolute atomic E-state index is 12.5. The van der Waals surface area contributed by atoms with Crippen LogP contribution >= 0.6 is 0 Å². The predicted molar refractivity (Wildman–Crippen MR) is 106 cm³/mol. The Bertz CT molecular complexity index is 814. The molecule has 27 heavy (non-hydrogen) atoms. The van der Waals surface area contributed by atoms with Crippen molar-refractivity contribution in [1.82, 2.24) is 4.90 Å². The average Bonchev–Trinajstić information content (AvgIpc) is 2.68. The van der Waals surface area contributed by atoms with Crippen molar-refractivity contribution < 1.29 is 14.3 Å². The van der Waals surface area contributed by atoms with Crippen LogP contribution in [0.4, 0.5) is 11.4 Å². The zero-order valence-corrected chi connectivity index (χ0v) is 15.8. The number of amides is 2. The number of ether oxygens (including phenoxy) is 1. The molecule has 1 heterocycles. The standard InChI is InChI=1S/C21H25N3O3/c1-16-6-5-7-17(14-16)23-10-12-24(13-11-23)21(26)15-20(25)22-18-8-3-4-9-19(18)27-2/h3-9,14H,10-13,15H2,1-2H3,(H,22,25). The van der Waals surface area contributed by atoms with E-state index in [2.05, 4.69) is 35.3 Å². The molecular formula is C21H25N3O3. The lowest BCUT2D eigenvalue weighted by Gasteiger charge is -2.36. The van der Waals surface area contributed by atoms with Crippen LogP contribution in [0.25, 0.3) is 0 Å². The normalized spacial score (nSPS) is 14.0. The van der Waals surface area contributed by atoms with Gasteiger partial charge in [-0.05, 0) is 36.8 Å². The van der Waals surface area contributed by atoms with Crippen LogP contribution in [0.3, 0.4) is 0 Å². The highest BCUT2D eigenvalue weighted by atomic mass is 16.5. The Hall–Kier alpha value is -3.02. The fourth-order valence-electron chi connectivity index (χ4n) is 3.23. The van der Waals surface area contributed by atoms with Crippen LogP contribution in [-0.2, 0) is 9.59 Å². The summed E-state index contributed by atoms with van der Waals surface area (Å²) in [6, 6.07) is 15.5. The van der Waals surface area contributed by atoms with E-state index in [0.717, 1.165) is 13.1 Å². The van der Waals surface area contributed by atoms with Gasteiger partial charge in [-0.1, -0.05) is 24.3 Å². The number of benzene rings is 2. The van der Waals surface area contributed by atoms with Gasteiger partial charge in [-0.25, -0.2) is 0 Å². The summed E-state index contributed by atoms with van der Waals surface area (Å²) >= 11 is 0. The third kappa shape index (κ3) is 4.78. The molecule has 6 nitrogen and oxygen atoms in total. The van der Waals surface area contributed by atoms with Crippen LogP contribution in [0.15, 0.2) is 48.5 Å². The monoisotopic (exact) mass is 367 g/mol. The zero-order chi connectivity index (χ0) is 19.2. The van der Waals surface area contributed by atoms with Gasteiger partial charge >= 0.3 is 0 Å². The molecule has 1 saturated heterocycles. The topological polar surface area (TPSA) is 61.9 Å². The molecule has 0 spiro atoms. The lowest BCUT2D eigenvalue weighted by Crippen LogP contribution is -2.49. The van der Waals surface area contributed by atoms with Gasteiger partial charge in [0.05, 0.1) is 12.8 Å². The largest absolute Gasteiger partial charge is 0.495 e. The van der Waals surface area contributed by atoms with Gasteiger partial charge in [0.1, 0.15) is 12.2 Å². The highest BCUT2D eigenvalue weighted by molar-refractivity contribution is 6.04. The molecule has 0 atom stereocenters. The van der Waals surface area contributed by atoms with E-state index >= 15 is 0 Å². The number of carbonyl (C=O) groups excluding carboxylic acids is 2. The molecule has 0 aromatic heterocycles. The van der Waals surface area contributed by atoms with Gasteiger partial charge in [0.25, 0.3) is 0 Å². The number of piperazine rings is 1. The number of para-hydroxylation sites is 2. The summed E-state index contributed by atoms with van der Waals surface area (Å²) < 4.78 is 5.21. The van der Waals surface area contributed by atoms with Crippen molar-refractivity contribution in [2.45, 2.75) is 13.3 Å². The molecule has 0 bridgehead atoms. The van der Waals surface area contributed by atoms with Gasteiger partial charge in [0.2, 0.25) is 11.8 Å². The van der Waals surface area contributed by atoms with Gasteiger partial charge < -0.3 is 19.9 Å². The summed E-state index contributed by atoms with van der Waals surface area (Å²) in [5, 5.41) is 2.75. The Labute approximate surface area is 159 Å². The van der Waals surface area contributed by atoms with Crippen LogP contribution < -0.4 is 15.0 Å². The van der Waals surface area contributed by atoms with Crippen LogP contribution in [0.2, 0.25) is 0 Å². The zero-order valence-electron chi connectivity index (χ0n) is 15.8. The minimum absolute atomic E-state index is 0.147. The fraction of sp³-hybridized carbons (Fsp3) is 0.333. The Morgan fingerprint density at radius 2 is 1.78 bits per heavy atom. The molecule has 0 radical (unpaired) electrons. The van der Waals surface area contributed by atoms with Crippen LogP contribution in [0, 0.1) is 6.92 Å². The molecule has 6 heteroatoms. The highest BCUT2D eigenvalue weighted by Crippen LogP contribution is 2.23. The van der Waals surface area contributed by atoms with Crippen molar-refractivity contribution in [2.24, 2.45) is 0 Å². The second-order valence-electron chi connectivity index (χ2n) is 6.63. The first-order chi connectivity index (χ1) is 13.1. The number of hydrogen-bond acceptors (Lipinski definition) is 4. The lowest BCUT2D eigenvalue weighted by molar-refractivity contribution is -0.134. The Kier molecular flexibility index (Phi) is 5.96. The summed E-state index contributed by atoms with van der Waals surface area (Å²) in [4.78, 5) is 28.7. The molecule has 1 aliphatic heterocycles. The van der Waals surface area contributed by atoms with E-state index in [1.54, 1.807) is 24.1 Å². The average molecular weight is 367 g/mol. The molecular weight excluding hydrogens is 342 g/mol. The highest BCUT2D eigenvalue weighted by Gasteiger charge is 2.23. The van der Waals surface area contributed by atoms with E-state index in [0.29, 0.717) is 24.5 Å². The number of carbonyl (C=O) groups is 2. The molecule has 0 saturated carbocycles. The molecule has 1 N–H and O–H groups in total. The predicted octanol–water partition coefficient (Wildman–Crippen LogP) is 2.68. The fourth-order valence-corrected chi connectivity index (χ4v) is 3.23. The van der Waals surface area contributed by atoms with E-state index in [4.69, 9.17) is 4.74 Å². The van der Waals surface area contributed by atoms with Gasteiger partial charge in [-0.3, -0.25) is 9.59 Å². The van der Waals surface area contributed by atoms with Crippen molar-refractivity contribution in [3.05, 3.63) is 54.1 Å². The third-order valence-corrected chi connectivity index (χ3v) is 4.69. The molecule has 2 aromatic rings. The second-order valence-corrected chi connectivity index (χ2v) is 6.63. The molecule has 2 amide bonds. The molecule has 0 unspecified atom stereocenters. The molecule has 1 aliphatic rings. The van der Waals surface area contributed by atoms with Crippen molar-refractivity contribution in [1.29, 1.82) is 0 Å². The van der Waals surface area contributed by atoms with Crippen LogP contribution in [0.5, 0.6) is 5.75 Å². The van der Waals surface area contributed by atoms with E-state index < -0.39 is 0 Å². The maximum Gasteiger partial charge on any atom is 0.233 e. The number of methoxy groups -OCH3 is 1. The number of aryl methyl sites for hydroxylation is 1. The van der Waals surface area contributed by atoms with Crippen molar-refractivity contribution >= 4 is 23.2 Å². The van der Waals surface area contributed by atoms with Crippen molar-refractivity contribution in [2.75, 3.05) is 43.5 Å². The summed E-state index contributed by atoms with van der Waals surface area (Å²) in [5.41, 5.74) is 2.97. The van der Waals surface area contributed by atoms with Gasteiger partial charge in [-0.15, -0.1) is 0 Å². The molecule has 2 aromatic carbocycles. The Morgan fingerprint density at radius 3 is 2.48 bits per heavy atom. The van der Waals surface area contributed by atoms with Crippen LogP contribution in [-0.4, -0.2) is 50.0 Å². The molecule has 0 aliphatic carbocycles. The first-order valence-electron chi connectivity index (χ1n) is 9.09. The summed E-state index contributed by atoms with van der Waals surface area (Å²) in [6.45, 7) is 4.85. The molecule has 1 fully saturated rings. The van der Waals surface area contributed by atoms with Crippen LogP contribution in [0.1, 0.15) is 12.0 Å². The Morgan fingerprint density at radius 1 is 1.04 bits per heavy atom. The van der Waals surface area contributed by atoms with Gasteiger partial charge in [-0.2, -0.15) is 0 Å². The first kappa shape index (κ1) is 18.8. The first-order valence-corrected chi connectivity index (χ1v) is 9.09.